The fourth-order valence-electron chi connectivity index (χ4n) is 3.77. The van der Waals surface area contributed by atoms with E-state index in [1.165, 1.54) is 11.1 Å². The molecular weight excluding hydrogens is 328 g/mol. The second kappa shape index (κ2) is 8.30. The average molecular weight is 355 g/mol. The van der Waals surface area contributed by atoms with Crippen LogP contribution in [0.1, 0.15) is 30.4 Å². The molecule has 0 radical (unpaired) electrons. The van der Waals surface area contributed by atoms with Gasteiger partial charge in [-0.2, -0.15) is 0 Å². The number of aliphatic hydroxyl groups is 1. The zero-order chi connectivity index (χ0) is 16.3. The van der Waals surface area contributed by atoms with E-state index in [1.54, 1.807) is 0 Å². The summed E-state index contributed by atoms with van der Waals surface area (Å²) in [4.78, 5) is 12.4. The van der Waals surface area contributed by atoms with Gasteiger partial charge in [-0.25, -0.2) is 0 Å². The number of benzene rings is 1. The summed E-state index contributed by atoms with van der Waals surface area (Å²) in [5.74, 6) is -0.0130. The van der Waals surface area contributed by atoms with Crippen LogP contribution < -0.4 is 10.6 Å². The molecule has 6 heteroatoms. The normalized spacial score (nSPS) is 25.8. The molecule has 0 aliphatic carbocycles. The standard InChI is InChI=1S/C18H26N2O3.ClH/c1-13-4-2-3-5-15(13)18(6-8-23-9-7-18)12-20-17(22)16-10-14(21)11-19-16;/h2-5,14,16,19,21H,6-12H2,1H3,(H,20,22);1H. The zero-order valence-electron chi connectivity index (χ0n) is 14.1. The molecule has 3 rings (SSSR count). The first-order valence-electron chi connectivity index (χ1n) is 8.44. The van der Waals surface area contributed by atoms with Crippen LogP contribution in [-0.2, 0) is 14.9 Å². The van der Waals surface area contributed by atoms with Crippen LogP contribution in [0.15, 0.2) is 24.3 Å². The minimum Gasteiger partial charge on any atom is -0.392 e. The third kappa shape index (κ3) is 4.09. The SMILES string of the molecule is Cc1ccccc1C1(CNC(=O)C2CC(O)CN2)CCOCC1.Cl. The van der Waals surface area contributed by atoms with Crippen molar-refractivity contribution in [1.29, 1.82) is 0 Å². The summed E-state index contributed by atoms with van der Waals surface area (Å²) >= 11 is 0. The largest absolute Gasteiger partial charge is 0.392 e. The molecule has 2 aliphatic heterocycles. The van der Waals surface area contributed by atoms with Crippen molar-refractivity contribution < 1.29 is 14.6 Å². The molecule has 0 aromatic heterocycles. The molecule has 3 N–H and O–H groups in total. The van der Waals surface area contributed by atoms with Crippen molar-refractivity contribution in [2.24, 2.45) is 0 Å². The summed E-state index contributed by atoms with van der Waals surface area (Å²) < 4.78 is 5.55. The molecule has 2 atom stereocenters. The van der Waals surface area contributed by atoms with Gasteiger partial charge in [-0.3, -0.25) is 4.79 Å². The maximum atomic E-state index is 12.4. The van der Waals surface area contributed by atoms with Gasteiger partial charge in [0.15, 0.2) is 0 Å². The highest BCUT2D eigenvalue weighted by Crippen LogP contribution is 2.36. The molecule has 1 amide bonds. The van der Waals surface area contributed by atoms with Crippen molar-refractivity contribution >= 4 is 18.3 Å². The Morgan fingerprint density at radius 3 is 2.71 bits per heavy atom. The van der Waals surface area contributed by atoms with Gasteiger partial charge < -0.3 is 20.5 Å². The lowest BCUT2D eigenvalue weighted by atomic mass is 9.72. The van der Waals surface area contributed by atoms with E-state index in [-0.39, 0.29) is 29.8 Å². The number of aliphatic hydroxyl groups excluding tert-OH is 1. The molecule has 1 aromatic rings. The van der Waals surface area contributed by atoms with Crippen molar-refractivity contribution in [3.63, 3.8) is 0 Å². The minimum atomic E-state index is -0.417. The summed E-state index contributed by atoms with van der Waals surface area (Å²) in [6, 6.07) is 8.14. The second-order valence-corrected chi connectivity index (χ2v) is 6.78. The number of hydrogen-bond acceptors (Lipinski definition) is 4. The Bertz CT molecular complexity index is 561. The van der Waals surface area contributed by atoms with E-state index in [2.05, 4.69) is 35.8 Å². The molecule has 5 nitrogen and oxygen atoms in total. The van der Waals surface area contributed by atoms with E-state index in [4.69, 9.17) is 4.74 Å². The Balaban J connectivity index is 0.00000208. The van der Waals surface area contributed by atoms with E-state index in [9.17, 15) is 9.90 Å². The predicted octanol–water partition coefficient (Wildman–Crippen LogP) is 1.30. The van der Waals surface area contributed by atoms with Crippen molar-refractivity contribution in [3.05, 3.63) is 35.4 Å². The lowest BCUT2D eigenvalue weighted by Gasteiger charge is -2.39. The Kier molecular flexibility index (Phi) is 6.63. The fourth-order valence-corrected chi connectivity index (χ4v) is 3.77. The lowest BCUT2D eigenvalue weighted by Crippen LogP contribution is -2.49. The number of hydrogen-bond donors (Lipinski definition) is 3. The van der Waals surface area contributed by atoms with Crippen LogP contribution in [-0.4, -0.2) is 49.5 Å². The number of nitrogens with one attached hydrogen (secondary N) is 2. The Labute approximate surface area is 149 Å². The first-order valence-corrected chi connectivity index (χ1v) is 8.44. The number of β-amino-alcohol motifs (C(OH)–C–C–N with tert-alkyl or cyclic N) is 1. The summed E-state index contributed by atoms with van der Waals surface area (Å²) in [5, 5.41) is 15.8. The third-order valence-corrected chi connectivity index (χ3v) is 5.19. The molecule has 0 bridgehead atoms. The Morgan fingerprint density at radius 1 is 1.38 bits per heavy atom. The first-order chi connectivity index (χ1) is 11.1. The van der Waals surface area contributed by atoms with Crippen molar-refractivity contribution in [2.45, 2.75) is 43.7 Å². The van der Waals surface area contributed by atoms with Gasteiger partial charge in [0.05, 0.1) is 12.1 Å². The summed E-state index contributed by atoms with van der Waals surface area (Å²) in [6.45, 7) is 4.70. The van der Waals surface area contributed by atoms with Crippen LogP contribution in [0.3, 0.4) is 0 Å². The topological polar surface area (TPSA) is 70.6 Å². The summed E-state index contributed by atoms with van der Waals surface area (Å²) in [7, 11) is 0. The molecule has 2 unspecified atom stereocenters. The van der Waals surface area contributed by atoms with Gasteiger partial charge in [-0.15, -0.1) is 12.4 Å². The van der Waals surface area contributed by atoms with Crippen LogP contribution in [0.25, 0.3) is 0 Å². The van der Waals surface area contributed by atoms with Crippen molar-refractivity contribution in [1.82, 2.24) is 10.6 Å². The summed E-state index contributed by atoms with van der Waals surface area (Å²) in [6.07, 6.45) is 1.91. The average Bonchev–Trinajstić information content (AvgIpc) is 3.00. The number of carbonyl (C=O) groups excluding carboxylic acids is 1. The highest BCUT2D eigenvalue weighted by atomic mass is 35.5. The summed E-state index contributed by atoms with van der Waals surface area (Å²) in [5.41, 5.74) is 2.51. The quantitative estimate of drug-likeness (QED) is 0.762. The van der Waals surface area contributed by atoms with Crippen LogP contribution in [0, 0.1) is 6.92 Å². The van der Waals surface area contributed by atoms with Crippen molar-refractivity contribution in [2.75, 3.05) is 26.3 Å². The highest BCUT2D eigenvalue weighted by molar-refractivity contribution is 5.85. The molecule has 2 saturated heterocycles. The zero-order valence-corrected chi connectivity index (χ0v) is 14.9. The van der Waals surface area contributed by atoms with Gasteiger partial charge in [0, 0.05) is 31.7 Å². The van der Waals surface area contributed by atoms with Gasteiger partial charge in [-0.05, 0) is 37.3 Å². The number of carbonyl (C=O) groups is 1. The van der Waals surface area contributed by atoms with Crippen LogP contribution in [0.2, 0.25) is 0 Å². The lowest BCUT2D eigenvalue weighted by molar-refractivity contribution is -0.123. The smallest absolute Gasteiger partial charge is 0.237 e. The monoisotopic (exact) mass is 354 g/mol. The molecule has 2 aliphatic rings. The van der Waals surface area contributed by atoms with Gasteiger partial charge in [0.1, 0.15) is 0 Å². The number of amides is 1. The van der Waals surface area contributed by atoms with Crippen LogP contribution in [0.5, 0.6) is 0 Å². The number of aryl methyl sites for hydroxylation is 1. The molecule has 1 aromatic carbocycles. The maximum absolute atomic E-state index is 12.4. The number of halogens is 1. The van der Waals surface area contributed by atoms with E-state index in [0.717, 1.165) is 26.1 Å². The van der Waals surface area contributed by atoms with E-state index < -0.39 is 6.10 Å². The highest BCUT2D eigenvalue weighted by Gasteiger charge is 2.37. The molecule has 2 fully saturated rings. The Morgan fingerprint density at radius 2 is 2.08 bits per heavy atom. The van der Waals surface area contributed by atoms with Gasteiger partial charge in [0.25, 0.3) is 0 Å². The number of rotatable bonds is 4. The fraction of sp³-hybridized carbons (Fsp3) is 0.611. The third-order valence-electron chi connectivity index (χ3n) is 5.19. The maximum Gasteiger partial charge on any atom is 0.237 e. The number of ether oxygens (including phenoxy) is 1. The van der Waals surface area contributed by atoms with E-state index >= 15 is 0 Å². The van der Waals surface area contributed by atoms with E-state index in [1.807, 2.05) is 6.07 Å². The molecule has 0 spiro atoms. The van der Waals surface area contributed by atoms with E-state index in [0.29, 0.717) is 19.5 Å². The minimum absolute atomic E-state index is 0. The Hall–Kier alpha value is -1.14. The van der Waals surface area contributed by atoms with Crippen LogP contribution in [0.4, 0.5) is 0 Å². The van der Waals surface area contributed by atoms with Gasteiger partial charge in [-0.1, -0.05) is 24.3 Å². The van der Waals surface area contributed by atoms with Crippen molar-refractivity contribution in [3.8, 4) is 0 Å². The first kappa shape index (κ1) is 19.2. The second-order valence-electron chi connectivity index (χ2n) is 6.78. The van der Waals surface area contributed by atoms with Crippen LogP contribution >= 0.6 is 12.4 Å². The molecule has 134 valence electrons. The predicted molar refractivity (Wildman–Crippen MR) is 95.6 cm³/mol. The van der Waals surface area contributed by atoms with Gasteiger partial charge >= 0.3 is 0 Å². The molecule has 0 saturated carbocycles. The molecular formula is C18H27ClN2O3. The van der Waals surface area contributed by atoms with Gasteiger partial charge in [0.2, 0.25) is 5.91 Å². The molecule has 2 heterocycles. The molecule has 24 heavy (non-hydrogen) atoms.